The molecule has 0 saturated heterocycles. The molecule has 2 rings (SSSR count). The van der Waals surface area contributed by atoms with Crippen molar-refractivity contribution in [2.75, 3.05) is 14.1 Å². The van der Waals surface area contributed by atoms with Crippen molar-refractivity contribution in [1.29, 1.82) is 0 Å². The molecule has 0 spiro atoms. The summed E-state index contributed by atoms with van der Waals surface area (Å²) in [6, 6.07) is 13.8. The molecule has 0 aliphatic carbocycles. The molecule has 1 atom stereocenters. The van der Waals surface area contributed by atoms with Crippen LogP contribution in [0.4, 0.5) is 0 Å². The first-order valence-corrected chi connectivity index (χ1v) is 18.0. The van der Waals surface area contributed by atoms with Crippen molar-refractivity contribution in [3.8, 4) is 0 Å². The second-order valence-electron chi connectivity index (χ2n) is 11.2. The Bertz CT molecular complexity index is 1050. The van der Waals surface area contributed by atoms with Crippen molar-refractivity contribution in [1.82, 2.24) is 4.90 Å². The average Bonchev–Trinajstić information content (AvgIpc) is 2.92. The van der Waals surface area contributed by atoms with Gasteiger partial charge in [0.15, 0.2) is 0 Å². The summed E-state index contributed by atoms with van der Waals surface area (Å²) in [5.74, 6) is 0. The van der Waals surface area contributed by atoms with Crippen LogP contribution in [-0.2, 0) is 16.5 Å². The average molecular weight is 649 g/mol. The molecule has 0 aliphatic heterocycles. The Morgan fingerprint density at radius 1 is 0.683 bits per heavy atom. The van der Waals surface area contributed by atoms with Crippen LogP contribution in [0.2, 0.25) is 15.1 Å². The minimum absolute atomic E-state index is 0.0127. The van der Waals surface area contributed by atoms with Gasteiger partial charge in [-0.2, -0.15) is 8.42 Å². The maximum Gasteiger partial charge on any atom is 0.296 e. The monoisotopic (exact) mass is 647 g/mol. The van der Waals surface area contributed by atoms with Gasteiger partial charge in [0, 0.05) is 6.04 Å². The van der Waals surface area contributed by atoms with Crippen molar-refractivity contribution in [2.45, 2.75) is 127 Å². The molecule has 4 nitrogen and oxygen atoms in total. The second kappa shape index (κ2) is 22.7. The summed E-state index contributed by atoms with van der Waals surface area (Å²) in [7, 11) is 0.122. The van der Waals surface area contributed by atoms with E-state index in [0.29, 0.717) is 6.04 Å². The van der Waals surface area contributed by atoms with Crippen LogP contribution in [0.5, 0.6) is 0 Å². The zero-order chi connectivity index (χ0) is 30.5. The maximum atomic E-state index is 10.7. The van der Waals surface area contributed by atoms with Gasteiger partial charge in [0.25, 0.3) is 10.1 Å². The van der Waals surface area contributed by atoms with E-state index in [1.54, 1.807) is 0 Å². The molecule has 0 saturated carbocycles. The Morgan fingerprint density at radius 2 is 1.12 bits per heavy atom. The highest BCUT2D eigenvalue weighted by molar-refractivity contribution is 7.86. The molecule has 1 N–H and O–H groups in total. The fraction of sp³-hybridized carbons (Fsp3) is 0.636. The van der Waals surface area contributed by atoms with Crippen LogP contribution in [-0.4, -0.2) is 38.0 Å². The third-order valence-corrected chi connectivity index (χ3v) is 9.48. The van der Waals surface area contributed by atoms with Crippen LogP contribution in [0.15, 0.2) is 47.4 Å². The minimum atomic E-state index is -4.35. The lowest BCUT2D eigenvalue weighted by molar-refractivity contribution is 0.269. The molecule has 0 bridgehead atoms. The van der Waals surface area contributed by atoms with Crippen molar-refractivity contribution < 1.29 is 13.0 Å². The van der Waals surface area contributed by atoms with Crippen LogP contribution < -0.4 is 0 Å². The van der Waals surface area contributed by atoms with Gasteiger partial charge in [0.2, 0.25) is 0 Å². The standard InChI is InChI=1S/C27H49N.C6H3Cl3O3S/c1-4-5-6-7-8-9-10-11-12-13-14-15-16-17-21-24-27(28(2)3)25-26-22-19-18-20-23-26;7-3-1-5(9)6(2-4(3)8)13(10,11)12/h18-20,22-23,27H,4-17,21,24-25H2,1-3H3;1-2H,(H,10,11,12). The first-order chi connectivity index (χ1) is 19.6. The largest absolute Gasteiger partial charge is 0.306 e. The number of halogens is 3. The predicted molar refractivity (Wildman–Crippen MR) is 178 cm³/mol. The number of nitrogens with zero attached hydrogens (tertiary/aromatic N) is 1. The highest BCUT2D eigenvalue weighted by Gasteiger charge is 2.16. The van der Waals surface area contributed by atoms with Crippen LogP contribution in [0, 0.1) is 0 Å². The van der Waals surface area contributed by atoms with Gasteiger partial charge in [-0.3, -0.25) is 4.55 Å². The molecule has 0 aromatic heterocycles. The molecule has 0 aliphatic rings. The van der Waals surface area contributed by atoms with E-state index < -0.39 is 15.0 Å². The van der Waals surface area contributed by atoms with Gasteiger partial charge in [-0.15, -0.1) is 0 Å². The molecule has 2 aromatic carbocycles. The Kier molecular flexibility index (Phi) is 21.1. The lowest BCUT2D eigenvalue weighted by Crippen LogP contribution is -2.30. The highest BCUT2D eigenvalue weighted by atomic mass is 35.5. The normalized spacial score (nSPS) is 12.3. The number of unbranched alkanes of at least 4 members (excludes halogenated alkanes) is 14. The van der Waals surface area contributed by atoms with E-state index in [-0.39, 0.29) is 15.1 Å². The molecular weight excluding hydrogens is 597 g/mol. The zero-order valence-corrected chi connectivity index (χ0v) is 28.5. The third kappa shape index (κ3) is 18.5. The third-order valence-electron chi connectivity index (χ3n) is 7.44. The van der Waals surface area contributed by atoms with E-state index in [2.05, 4.69) is 56.3 Å². The molecule has 0 fully saturated rings. The van der Waals surface area contributed by atoms with Crippen LogP contribution in [0.1, 0.15) is 115 Å². The molecule has 2 aromatic rings. The molecule has 0 radical (unpaired) electrons. The first-order valence-electron chi connectivity index (χ1n) is 15.4. The smallest absolute Gasteiger partial charge is 0.296 e. The van der Waals surface area contributed by atoms with Crippen molar-refractivity contribution in [2.24, 2.45) is 0 Å². The lowest BCUT2D eigenvalue weighted by atomic mass is 9.98. The first kappa shape index (κ1) is 38.2. The molecular formula is C33H52Cl3NO3S. The summed E-state index contributed by atoms with van der Waals surface area (Å²) >= 11 is 16.6. The van der Waals surface area contributed by atoms with Crippen LogP contribution >= 0.6 is 34.8 Å². The Hall–Kier alpha value is -0.820. The van der Waals surface area contributed by atoms with E-state index in [0.717, 1.165) is 12.1 Å². The summed E-state index contributed by atoms with van der Waals surface area (Å²) in [6.45, 7) is 2.30. The SMILES string of the molecule is CCCCCCCCCCCCCCCCCC(Cc1ccccc1)N(C)C.O=S(=O)(O)c1cc(Cl)c(Cl)cc1Cl. The van der Waals surface area contributed by atoms with Gasteiger partial charge in [-0.05, 0) is 44.6 Å². The van der Waals surface area contributed by atoms with Gasteiger partial charge in [0.1, 0.15) is 4.90 Å². The Morgan fingerprint density at radius 3 is 1.56 bits per heavy atom. The maximum absolute atomic E-state index is 10.7. The van der Waals surface area contributed by atoms with Crippen molar-refractivity contribution >= 4 is 44.9 Å². The summed E-state index contributed by atoms with van der Waals surface area (Å²) < 4.78 is 30.0. The fourth-order valence-corrected chi connectivity index (χ4v) is 6.36. The van der Waals surface area contributed by atoms with Gasteiger partial charge in [-0.1, -0.05) is 168 Å². The van der Waals surface area contributed by atoms with Gasteiger partial charge in [0.05, 0.1) is 15.1 Å². The topological polar surface area (TPSA) is 57.6 Å². The fourth-order valence-electron chi connectivity index (χ4n) is 4.88. The lowest BCUT2D eigenvalue weighted by Gasteiger charge is -2.24. The number of rotatable bonds is 20. The summed E-state index contributed by atoms with van der Waals surface area (Å²) in [4.78, 5) is 1.96. The number of hydrogen-bond acceptors (Lipinski definition) is 3. The van der Waals surface area contributed by atoms with Crippen LogP contribution in [0.25, 0.3) is 0 Å². The van der Waals surface area contributed by atoms with Crippen LogP contribution in [0.3, 0.4) is 0 Å². The van der Waals surface area contributed by atoms with E-state index in [4.69, 9.17) is 39.4 Å². The van der Waals surface area contributed by atoms with E-state index >= 15 is 0 Å². The molecule has 0 heterocycles. The predicted octanol–water partition coefficient (Wildman–Crippen LogP) is 11.3. The molecule has 1 unspecified atom stereocenters. The van der Waals surface area contributed by atoms with E-state index in [9.17, 15) is 8.42 Å². The molecule has 41 heavy (non-hydrogen) atoms. The van der Waals surface area contributed by atoms with Crippen molar-refractivity contribution in [3.05, 3.63) is 63.1 Å². The van der Waals surface area contributed by atoms with Gasteiger partial charge < -0.3 is 4.90 Å². The quantitative estimate of drug-likeness (QED) is 0.0881. The Labute approximate surface area is 265 Å². The van der Waals surface area contributed by atoms with E-state index in [1.807, 2.05) is 0 Å². The second-order valence-corrected chi connectivity index (χ2v) is 13.8. The van der Waals surface area contributed by atoms with Gasteiger partial charge in [-0.25, -0.2) is 0 Å². The van der Waals surface area contributed by atoms with Gasteiger partial charge >= 0.3 is 0 Å². The number of benzene rings is 2. The molecule has 0 amide bonds. The number of hydrogen-bond donors (Lipinski definition) is 1. The van der Waals surface area contributed by atoms with Crippen molar-refractivity contribution in [3.63, 3.8) is 0 Å². The molecule has 8 heteroatoms. The van der Waals surface area contributed by atoms with E-state index in [1.165, 1.54) is 115 Å². The Balaban J connectivity index is 0.000000537. The summed E-state index contributed by atoms with van der Waals surface area (Å²) in [5, 5.41) is -0.0327. The number of likely N-dealkylation sites (N-methyl/N-ethyl adjacent to an activating group) is 1. The zero-order valence-electron chi connectivity index (χ0n) is 25.4. The minimum Gasteiger partial charge on any atom is -0.306 e. The summed E-state index contributed by atoms with van der Waals surface area (Å²) in [6.07, 6.45) is 24.2. The summed E-state index contributed by atoms with van der Waals surface area (Å²) in [5.41, 5.74) is 1.47. The highest BCUT2D eigenvalue weighted by Crippen LogP contribution is 2.31. The molecule has 234 valence electrons.